The summed E-state index contributed by atoms with van der Waals surface area (Å²) in [6, 6.07) is 29.2. The smallest absolute Gasteiger partial charge is 0.323 e. The zero-order valence-corrected chi connectivity index (χ0v) is 21.2. The molecule has 0 radical (unpaired) electrons. The molecular weight excluding hydrogens is 438 g/mol. The molecule has 35 heavy (non-hydrogen) atoms. The van der Waals surface area contributed by atoms with E-state index in [0.717, 1.165) is 16.7 Å². The Morgan fingerprint density at radius 3 is 1.51 bits per heavy atom. The van der Waals surface area contributed by atoms with Crippen molar-refractivity contribution in [2.45, 2.75) is 51.3 Å². The van der Waals surface area contributed by atoms with E-state index in [9.17, 15) is 9.59 Å². The molecule has 0 aliphatic carbocycles. The molecule has 0 amide bonds. The Hall–Kier alpha value is -3.44. The summed E-state index contributed by atoms with van der Waals surface area (Å²) in [6.45, 7) is 7.36. The average molecular weight is 474 g/mol. The van der Waals surface area contributed by atoms with Gasteiger partial charge in [-0.1, -0.05) is 97.9 Å². The van der Waals surface area contributed by atoms with Crippen molar-refractivity contribution in [1.29, 1.82) is 0 Å². The van der Waals surface area contributed by atoms with E-state index in [4.69, 9.17) is 9.47 Å². The highest BCUT2D eigenvalue weighted by Gasteiger charge is 2.42. The van der Waals surface area contributed by atoms with E-state index < -0.39 is 29.1 Å². The van der Waals surface area contributed by atoms with Gasteiger partial charge in [0.15, 0.2) is 0 Å². The molecule has 2 atom stereocenters. The average Bonchev–Trinajstić information content (AvgIpc) is 2.85. The summed E-state index contributed by atoms with van der Waals surface area (Å²) in [6.07, 6.45) is 0.0679. The molecule has 0 unspecified atom stereocenters. The number of nitrogens with one attached hydrogen (secondary N) is 1. The molecule has 5 nitrogen and oxygen atoms in total. The fraction of sp³-hybridized carbons (Fsp3) is 0.333. The minimum absolute atomic E-state index is 0.0679. The molecule has 5 heteroatoms. The summed E-state index contributed by atoms with van der Waals surface area (Å²) in [5.74, 6) is -1.19. The van der Waals surface area contributed by atoms with E-state index in [0.29, 0.717) is 0 Å². The van der Waals surface area contributed by atoms with Gasteiger partial charge in [-0.3, -0.25) is 14.9 Å². The SMILES string of the molecule is COC(=O)[C@@H](NC(c1ccccc1)(c1ccccc1)c1ccccc1)[C@@H](C)CC(=O)OC(C)(C)C. The highest BCUT2D eigenvalue weighted by atomic mass is 16.6. The molecule has 0 spiro atoms. The van der Waals surface area contributed by atoms with Gasteiger partial charge in [0.1, 0.15) is 11.6 Å². The predicted molar refractivity (Wildman–Crippen MR) is 138 cm³/mol. The topological polar surface area (TPSA) is 64.6 Å². The number of rotatable bonds is 9. The Bertz CT molecular complexity index is 995. The van der Waals surface area contributed by atoms with E-state index in [-0.39, 0.29) is 12.4 Å². The van der Waals surface area contributed by atoms with Gasteiger partial charge in [-0.25, -0.2) is 0 Å². The van der Waals surface area contributed by atoms with Gasteiger partial charge < -0.3 is 9.47 Å². The number of carbonyl (C=O) groups is 2. The van der Waals surface area contributed by atoms with Gasteiger partial charge in [-0.05, 0) is 43.4 Å². The van der Waals surface area contributed by atoms with Gasteiger partial charge >= 0.3 is 11.9 Å². The first-order valence-electron chi connectivity index (χ1n) is 11.9. The molecule has 0 aliphatic rings. The van der Waals surface area contributed by atoms with E-state index >= 15 is 0 Å². The normalized spacial score (nSPS) is 13.5. The molecule has 0 fully saturated rings. The van der Waals surface area contributed by atoms with E-state index in [1.807, 2.05) is 119 Å². The lowest BCUT2D eigenvalue weighted by Crippen LogP contribution is -2.55. The standard InChI is InChI=1S/C30H35NO4/c1-22(21-26(32)35-29(2,3)4)27(28(33)34-5)31-30(23-15-9-6-10-16-23,24-17-11-7-12-18-24)25-19-13-8-14-20-25/h6-20,22,27,31H,21H2,1-5H3/t22-,27-/m0/s1. The maximum atomic E-state index is 13.2. The van der Waals surface area contributed by atoms with E-state index in [2.05, 4.69) is 5.32 Å². The number of hydrogen-bond acceptors (Lipinski definition) is 5. The molecule has 184 valence electrons. The van der Waals surface area contributed by atoms with Crippen LogP contribution in [0.25, 0.3) is 0 Å². The molecule has 0 aliphatic heterocycles. The first kappa shape index (κ1) is 26.2. The monoisotopic (exact) mass is 473 g/mol. The van der Waals surface area contributed by atoms with Gasteiger partial charge in [0, 0.05) is 0 Å². The third-order valence-corrected chi connectivity index (χ3v) is 5.93. The van der Waals surface area contributed by atoms with Crippen molar-refractivity contribution in [3.63, 3.8) is 0 Å². The molecule has 0 bridgehead atoms. The van der Waals surface area contributed by atoms with Crippen LogP contribution in [0, 0.1) is 5.92 Å². The molecule has 0 saturated heterocycles. The molecule has 0 aromatic heterocycles. The van der Waals surface area contributed by atoms with Crippen LogP contribution in [0.5, 0.6) is 0 Å². The van der Waals surface area contributed by atoms with Crippen molar-refractivity contribution in [3.05, 3.63) is 108 Å². The first-order valence-corrected chi connectivity index (χ1v) is 11.9. The lowest BCUT2D eigenvalue weighted by Gasteiger charge is -2.40. The molecule has 3 aromatic carbocycles. The van der Waals surface area contributed by atoms with Crippen molar-refractivity contribution in [1.82, 2.24) is 5.32 Å². The Labute approximate surface area is 208 Å². The summed E-state index contributed by atoms with van der Waals surface area (Å²) in [4.78, 5) is 25.8. The van der Waals surface area contributed by atoms with Gasteiger partial charge in [0.05, 0.1) is 19.1 Å². The van der Waals surface area contributed by atoms with Crippen LogP contribution in [-0.2, 0) is 24.6 Å². The molecule has 0 saturated carbocycles. The van der Waals surface area contributed by atoms with Crippen LogP contribution < -0.4 is 5.32 Å². The fourth-order valence-electron chi connectivity index (χ4n) is 4.37. The summed E-state index contributed by atoms with van der Waals surface area (Å²) in [7, 11) is 1.37. The summed E-state index contributed by atoms with van der Waals surface area (Å²) in [5, 5.41) is 3.65. The van der Waals surface area contributed by atoms with Crippen molar-refractivity contribution >= 4 is 11.9 Å². The van der Waals surface area contributed by atoms with Crippen LogP contribution in [0.4, 0.5) is 0 Å². The number of ether oxygens (including phenoxy) is 2. The third-order valence-electron chi connectivity index (χ3n) is 5.93. The number of hydrogen-bond donors (Lipinski definition) is 1. The molecule has 3 aromatic rings. The second-order valence-corrected chi connectivity index (χ2v) is 9.76. The summed E-state index contributed by atoms with van der Waals surface area (Å²) in [5.41, 5.74) is 1.43. The zero-order chi connectivity index (χ0) is 25.5. The second-order valence-electron chi connectivity index (χ2n) is 9.76. The molecular formula is C30H35NO4. The quantitative estimate of drug-likeness (QED) is 0.329. The largest absolute Gasteiger partial charge is 0.468 e. The van der Waals surface area contributed by atoms with Crippen LogP contribution in [0.1, 0.15) is 50.8 Å². The Balaban J connectivity index is 2.14. The van der Waals surface area contributed by atoms with Gasteiger partial charge in [-0.2, -0.15) is 0 Å². The third kappa shape index (κ3) is 6.37. The van der Waals surface area contributed by atoms with Crippen molar-refractivity contribution in [3.8, 4) is 0 Å². The number of carbonyl (C=O) groups excluding carboxylic acids is 2. The van der Waals surface area contributed by atoms with Gasteiger partial charge in [0.25, 0.3) is 0 Å². The van der Waals surface area contributed by atoms with E-state index in [1.54, 1.807) is 0 Å². The summed E-state index contributed by atoms with van der Waals surface area (Å²) < 4.78 is 10.8. The highest BCUT2D eigenvalue weighted by molar-refractivity contribution is 5.78. The van der Waals surface area contributed by atoms with Crippen LogP contribution in [0.15, 0.2) is 91.0 Å². The number of esters is 2. The van der Waals surface area contributed by atoms with Crippen LogP contribution >= 0.6 is 0 Å². The number of benzene rings is 3. The van der Waals surface area contributed by atoms with Crippen LogP contribution in [0.2, 0.25) is 0 Å². The van der Waals surface area contributed by atoms with E-state index in [1.165, 1.54) is 7.11 Å². The second kappa shape index (κ2) is 11.3. The molecule has 1 N–H and O–H groups in total. The maximum absolute atomic E-state index is 13.2. The fourth-order valence-corrected chi connectivity index (χ4v) is 4.37. The molecule has 3 rings (SSSR count). The summed E-state index contributed by atoms with van der Waals surface area (Å²) >= 11 is 0. The van der Waals surface area contributed by atoms with Gasteiger partial charge in [-0.15, -0.1) is 0 Å². The minimum Gasteiger partial charge on any atom is -0.468 e. The Morgan fingerprint density at radius 1 is 0.771 bits per heavy atom. The lowest BCUT2D eigenvalue weighted by molar-refractivity contribution is -0.156. The van der Waals surface area contributed by atoms with Gasteiger partial charge in [0.2, 0.25) is 0 Å². The zero-order valence-electron chi connectivity index (χ0n) is 21.2. The Kier molecular flexibility index (Phi) is 8.47. The first-order chi connectivity index (χ1) is 16.7. The predicted octanol–water partition coefficient (Wildman–Crippen LogP) is 5.48. The van der Waals surface area contributed by atoms with Crippen molar-refractivity contribution in [2.75, 3.05) is 7.11 Å². The maximum Gasteiger partial charge on any atom is 0.323 e. The van der Waals surface area contributed by atoms with Crippen molar-refractivity contribution in [2.24, 2.45) is 5.92 Å². The minimum atomic E-state index is -0.870. The number of methoxy groups -OCH3 is 1. The van der Waals surface area contributed by atoms with Crippen LogP contribution in [0.3, 0.4) is 0 Å². The van der Waals surface area contributed by atoms with Crippen LogP contribution in [-0.4, -0.2) is 30.7 Å². The molecule has 0 heterocycles. The Morgan fingerprint density at radius 2 is 1.17 bits per heavy atom. The highest BCUT2D eigenvalue weighted by Crippen LogP contribution is 2.38. The lowest BCUT2D eigenvalue weighted by atomic mass is 9.75. The van der Waals surface area contributed by atoms with Crippen molar-refractivity contribution < 1.29 is 19.1 Å².